The predicted molar refractivity (Wildman–Crippen MR) is 80.9 cm³/mol. The third-order valence-corrected chi connectivity index (χ3v) is 5.22. The zero-order chi connectivity index (χ0) is 14.2. The van der Waals surface area contributed by atoms with E-state index in [0.717, 1.165) is 23.8 Å². The van der Waals surface area contributed by atoms with Crippen molar-refractivity contribution in [1.29, 1.82) is 0 Å². The summed E-state index contributed by atoms with van der Waals surface area (Å²) < 4.78 is 10.9. The fourth-order valence-electron chi connectivity index (χ4n) is 3.47. The maximum Gasteiger partial charge on any atom is 0.231 e. The van der Waals surface area contributed by atoms with Gasteiger partial charge in [-0.15, -0.1) is 0 Å². The zero-order valence-electron chi connectivity index (χ0n) is 12.9. The first-order valence-electron chi connectivity index (χ1n) is 7.79. The average molecular weight is 273 g/mol. The van der Waals surface area contributed by atoms with E-state index in [1.54, 1.807) is 5.92 Å². The summed E-state index contributed by atoms with van der Waals surface area (Å²) in [5.41, 5.74) is 1.85. The average Bonchev–Trinajstić information content (AvgIpc) is 2.86. The van der Waals surface area contributed by atoms with Gasteiger partial charge in [0.15, 0.2) is 11.5 Å². The Bertz CT molecular complexity index is 480. The number of benzene rings is 1. The van der Waals surface area contributed by atoms with Crippen LogP contribution >= 0.6 is 0 Å². The van der Waals surface area contributed by atoms with E-state index >= 15 is 0 Å². The highest BCUT2D eigenvalue weighted by molar-refractivity contribution is 5.45. The molecule has 1 aromatic carbocycles. The van der Waals surface area contributed by atoms with E-state index in [1.807, 2.05) is 6.07 Å². The van der Waals surface area contributed by atoms with E-state index in [-0.39, 0.29) is 0 Å². The lowest BCUT2D eigenvalue weighted by Gasteiger charge is -2.41. The molecule has 109 valence electrons. The fraction of sp³-hybridized carbons (Fsp3) is 0.611. The van der Waals surface area contributed by atoms with Crippen LogP contribution < -0.4 is 9.47 Å². The molecular weight excluding hydrogens is 248 g/mol. The molecule has 0 bridgehead atoms. The Labute approximate surface area is 122 Å². The van der Waals surface area contributed by atoms with Gasteiger partial charge in [0.25, 0.3) is 0 Å². The lowest BCUT2D eigenvalue weighted by molar-refractivity contribution is 0.154. The minimum Gasteiger partial charge on any atom is -0.454 e. The van der Waals surface area contributed by atoms with Crippen LogP contribution in [0, 0.1) is 17.3 Å². The molecule has 1 fully saturated rings. The van der Waals surface area contributed by atoms with Crippen LogP contribution in [0.3, 0.4) is 0 Å². The van der Waals surface area contributed by atoms with Crippen molar-refractivity contribution in [2.24, 2.45) is 11.3 Å². The molecule has 1 heterocycles. The lowest BCUT2D eigenvalue weighted by atomic mass is 9.64. The van der Waals surface area contributed by atoms with Crippen LogP contribution in [-0.4, -0.2) is 6.79 Å². The summed E-state index contributed by atoms with van der Waals surface area (Å²) in [6.45, 7) is 7.55. The fourth-order valence-corrected chi connectivity index (χ4v) is 3.47. The minimum atomic E-state index is 0.362. The van der Waals surface area contributed by atoms with E-state index in [1.165, 1.54) is 31.2 Å². The molecule has 2 nitrogen and oxygen atoms in total. The van der Waals surface area contributed by atoms with Crippen molar-refractivity contribution in [1.82, 2.24) is 0 Å². The highest BCUT2D eigenvalue weighted by Gasteiger charge is 2.34. The molecular formula is C18H25O2. The smallest absolute Gasteiger partial charge is 0.231 e. The third-order valence-electron chi connectivity index (χ3n) is 5.22. The third kappa shape index (κ3) is 2.65. The van der Waals surface area contributed by atoms with Crippen molar-refractivity contribution in [3.05, 3.63) is 29.7 Å². The Morgan fingerprint density at radius 3 is 2.80 bits per heavy atom. The molecule has 0 amide bonds. The number of fused-ring (bicyclic) bond motifs is 1. The van der Waals surface area contributed by atoms with Crippen LogP contribution in [0.2, 0.25) is 0 Å². The first-order chi connectivity index (χ1) is 9.57. The van der Waals surface area contributed by atoms with E-state index in [4.69, 9.17) is 9.47 Å². The van der Waals surface area contributed by atoms with Gasteiger partial charge in [-0.25, -0.2) is 0 Å². The summed E-state index contributed by atoms with van der Waals surface area (Å²) in [6.07, 6.45) is 6.37. The Hall–Kier alpha value is -1.18. The highest BCUT2D eigenvalue weighted by atomic mass is 16.7. The monoisotopic (exact) mass is 273 g/mol. The Morgan fingerprint density at radius 1 is 1.20 bits per heavy atom. The molecule has 0 aromatic heterocycles. The quantitative estimate of drug-likeness (QED) is 0.790. The molecule has 2 heteroatoms. The van der Waals surface area contributed by atoms with Gasteiger partial charge in [0, 0.05) is 0 Å². The summed E-state index contributed by atoms with van der Waals surface area (Å²) in [5, 5.41) is 0. The second-order valence-electron chi connectivity index (χ2n) is 6.95. The van der Waals surface area contributed by atoms with Gasteiger partial charge in [-0.3, -0.25) is 0 Å². The molecule has 2 aliphatic rings. The van der Waals surface area contributed by atoms with E-state index < -0.39 is 0 Å². The molecule has 0 N–H and O–H groups in total. The summed E-state index contributed by atoms with van der Waals surface area (Å²) >= 11 is 0. The molecule has 1 radical (unpaired) electrons. The van der Waals surface area contributed by atoms with E-state index in [0.29, 0.717) is 12.2 Å². The van der Waals surface area contributed by atoms with Gasteiger partial charge in [0.1, 0.15) is 0 Å². The molecule has 1 atom stereocenters. The topological polar surface area (TPSA) is 18.5 Å². The summed E-state index contributed by atoms with van der Waals surface area (Å²) in [5.74, 6) is 4.25. The second-order valence-corrected chi connectivity index (χ2v) is 6.95. The van der Waals surface area contributed by atoms with E-state index in [9.17, 15) is 0 Å². The van der Waals surface area contributed by atoms with Gasteiger partial charge in [-0.05, 0) is 60.6 Å². The van der Waals surface area contributed by atoms with Crippen LogP contribution in [0.25, 0.3) is 0 Å². The minimum absolute atomic E-state index is 0.362. The van der Waals surface area contributed by atoms with Crippen molar-refractivity contribution in [2.45, 2.75) is 52.9 Å². The number of ether oxygens (including phenoxy) is 2. The zero-order valence-corrected chi connectivity index (χ0v) is 12.9. The van der Waals surface area contributed by atoms with Gasteiger partial charge in [-0.1, -0.05) is 33.3 Å². The molecule has 1 aliphatic carbocycles. The first-order valence-corrected chi connectivity index (χ1v) is 7.79. The normalized spacial score (nSPS) is 26.2. The van der Waals surface area contributed by atoms with Crippen molar-refractivity contribution in [2.75, 3.05) is 6.79 Å². The van der Waals surface area contributed by atoms with Crippen LogP contribution in [0.5, 0.6) is 11.5 Å². The van der Waals surface area contributed by atoms with Crippen molar-refractivity contribution in [3.63, 3.8) is 0 Å². The molecule has 0 saturated heterocycles. The van der Waals surface area contributed by atoms with Crippen LogP contribution in [0.4, 0.5) is 0 Å². The maximum atomic E-state index is 5.48. The summed E-state index contributed by atoms with van der Waals surface area (Å²) in [4.78, 5) is 0. The van der Waals surface area contributed by atoms with E-state index in [2.05, 4.69) is 32.9 Å². The van der Waals surface area contributed by atoms with Gasteiger partial charge in [-0.2, -0.15) is 0 Å². The largest absolute Gasteiger partial charge is 0.454 e. The maximum absolute atomic E-state index is 5.48. The SMILES string of the molecule is CC(C)C1(C)CCC[C](Cc2ccc3c(c2)OCO3)C1. The molecule has 20 heavy (non-hydrogen) atoms. The van der Waals surface area contributed by atoms with Gasteiger partial charge >= 0.3 is 0 Å². The standard InChI is InChI=1S/C18H25O2/c1-13(2)18(3)8-4-5-15(11-18)9-14-6-7-16-17(10-14)20-12-19-16/h6-7,10,13H,4-5,8-9,11-12H2,1-3H3. The van der Waals surface area contributed by atoms with Gasteiger partial charge < -0.3 is 9.47 Å². The molecule has 3 rings (SSSR count). The molecule has 1 saturated carbocycles. The molecule has 1 aromatic rings. The van der Waals surface area contributed by atoms with Crippen molar-refractivity contribution >= 4 is 0 Å². The van der Waals surface area contributed by atoms with Crippen LogP contribution in [-0.2, 0) is 6.42 Å². The number of rotatable bonds is 3. The molecule has 1 aliphatic heterocycles. The number of hydrogen-bond donors (Lipinski definition) is 0. The van der Waals surface area contributed by atoms with Crippen molar-refractivity contribution < 1.29 is 9.47 Å². The highest BCUT2D eigenvalue weighted by Crippen LogP contribution is 2.46. The Kier molecular flexibility index (Phi) is 3.66. The van der Waals surface area contributed by atoms with Gasteiger partial charge in [0.05, 0.1) is 0 Å². The summed E-state index contributed by atoms with van der Waals surface area (Å²) in [6, 6.07) is 6.38. The lowest BCUT2D eigenvalue weighted by Crippen LogP contribution is -2.30. The summed E-state index contributed by atoms with van der Waals surface area (Å²) in [7, 11) is 0. The van der Waals surface area contributed by atoms with Crippen LogP contribution in [0.1, 0.15) is 52.0 Å². The Morgan fingerprint density at radius 2 is 2.00 bits per heavy atom. The molecule has 1 unspecified atom stereocenters. The Balaban J connectivity index is 1.68. The second kappa shape index (κ2) is 5.31. The predicted octanol–water partition coefficient (Wildman–Crippen LogP) is 4.77. The number of hydrogen-bond acceptors (Lipinski definition) is 2. The van der Waals surface area contributed by atoms with Gasteiger partial charge in [0.2, 0.25) is 6.79 Å². The van der Waals surface area contributed by atoms with Crippen molar-refractivity contribution in [3.8, 4) is 11.5 Å². The molecule has 0 spiro atoms. The first kappa shape index (κ1) is 13.8. The van der Waals surface area contributed by atoms with Crippen LogP contribution in [0.15, 0.2) is 18.2 Å².